The Balaban J connectivity index is 2.01. The molecular weight excluding hydrogens is 307 g/mol. The molecule has 1 fully saturated rings. The molecule has 0 saturated heterocycles. The molecule has 2 rings (SSSR count). The van der Waals surface area contributed by atoms with E-state index in [0.717, 1.165) is 25.7 Å². The van der Waals surface area contributed by atoms with E-state index in [4.69, 9.17) is 0 Å². The molecule has 5 heteroatoms. The van der Waals surface area contributed by atoms with E-state index in [1.54, 1.807) is 6.07 Å². The Hall–Kier alpha value is -1.91. The topological polar surface area (TPSA) is 58.2 Å². The zero-order valence-electron chi connectivity index (χ0n) is 14.5. The van der Waals surface area contributed by atoms with Gasteiger partial charge in [0.2, 0.25) is 5.91 Å². The molecule has 1 aliphatic carbocycles. The van der Waals surface area contributed by atoms with Crippen molar-refractivity contribution in [2.24, 2.45) is 5.92 Å². The quantitative estimate of drug-likeness (QED) is 0.811. The molecule has 1 aliphatic rings. The minimum Gasteiger partial charge on any atom is -0.352 e. The van der Waals surface area contributed by atoms with Crippen molar-refractivity contribution < 1.29 is 14.0 Å². The van der Waals surface area contributed by atoms with Crippen molar-refractivity contribution in [3.8, 4) is 0 Å². The van der Waals surface area contributed by atoms with Gasteiger partial charge in [0.05, 0.1) is 5.56 Å². The van der Waals surface area contributed by atoms with E-state index < -0.39 is 17.8 Å². The van der Waals surface area contributed by atoms with Gasteiger partial charge >= 0.3 is 0 Å². The molecule has 1 atom stereocenters. The number of amides is 2. The van der Waals surface area contributed by atoms with Gasteiger partial charge in [0.15, 0.2) is 0 Å². The molecule has 0 aromatic heterocycles. The van der Waals surface area contributed by atoms with Crippen LogP contribution in [0.1, 0.15) is 62.7 Å². The number of hydrogen-bond donors (Lipinski definition) is 2. The van der Waals surface area contributed by atoms with Crippen LogP contribution in [0.5, 0.6) is 0 Å². The highest BCUT2D eigenvalue weighted by Gasteiger charge is 2.27. The summed E-state index contributed by atoms with van der Waals surface area (Å²) in [5, 5.41) is 5.75. The van der Waals surface area contributed by atoms with Crippen molar-refractivity contribution in [2.75, 3.05) is 0 Å². The Morgan fingerprint density at radius 1 is 1.08 bits per heavy atom. The summed E-state index contributed by atoms with van der Waals surface area (Å²) in [5.74, 6) is -1.39. The first kappa shape index (κ1) is 18.4. The van der Waals surface area contributed by atoms with Gasteiger partial charge in [-0.3, -0.25) is 9.59 Å². The maximum absolute atomic E-state index is 13.7. The van der Waals surface area contributed by atoms with E-state index in [0.29, 0.717) is 0 Å². The highest BCUT2D eigenvalue weighted by atomic mass is 19.1. The molecule has 4 nitrogen and oxygen atoms in total. The minimum atomic E-state index is -0.666. The predicted octanol–water partition coefficient (Wildman–Crippen LogP) is 3.42. The van der Waals surface area contributed by atoms with Crippen molar-refractivity contribution in [3.05, 3.63) is 35.6 Å². The fraction of sp³-hybridized carbons (Fsp3) is 0.579. The number of hydrogen-bond acceptors (Lipinski definition) is 2. The van der Waals surface area contributed by atoms with Gasteiger partial charge in [-0.25, -0.2) is 4.39 Å². The number of carbonyl (C=O) groups excluding carboxylic acids is 2. The average Bonchev–Trinajstić information content (AvgIpc) is 2.81. The fourth-order valence-electron chi connectivity index (χ4n) is 3.11. The molecule has 0 bridgehead atoms. The molecule has 0 heterocycles. The smallest absolute Gasteiger partial charge is 0.254 e. The van der Waals surface area contributed by atoms with Crippen molar-refractivity contribution in [3.63, 3.8) is 0 Å². The molecule has 2 amide bonds. The lowest BCUT2D eigenvalue weighted by molar-refractivity contribution is -0.124. The standard InChI is InChI=1S/C19H27FN2O2/c1-13(2)17(19(24)21-14-9-5-3-4-6-10-14)22-18(23)15-11-7-8-12-16(15)20/h7-8,11-14,17H,3-6,9-10H2,1-2H3,(H,21,24)(H,22,23)/t17-/m0/s1. The molecule has 1 saturated carbocycles. The van der Waals surface area contributed by atoms with E-state index >= 15 is 0 Å². The summed E-state index contributed by atoms with van der Waals surface area (Å²) in [6, 6.07) is 5.31. The number of benzene rings is 1. The van der Waals surface area contributed by atoms with Crippen LogP contribution in [0.4, 0.5) is 4.39 Å². The van der Waals surface area contributed by atoms with E-state index in [1.807, 2.05) is 13.8 Å². The van der Waals surface area contributed by atoms with Gasteiger partial charge in [0.25, 0.3) is 5.91 Å². The van der Waals surface area contributed by atoms with Gasteiger partial charge in [-0.05, 0) is 30.9 Å². The van der Waals surface area contributed by atoms with Crippen LogP contribution in [-0.4, -0.2) is 23.9 Å². The maximum atomic E-state index is 13.7. The van der Waals surface area contributed by atoms with E-state index in [1.165, 1.54) is 31.0 Å². The number of rotatable bonds is 5. The molecule has 0 radical (unpaired) electrons. The van der Waals surface area contributed by atoms with Crippen LogP contribution in [0, 0.1) is 11.7 Å². The van der Waals surface area contributed by atoms with Crippen LogP contribution < -0.4 is 10.6 Å². The fourth-order valence-corrected chi connectivity index (χ4v) is 3.11. The highest BCUT2D eigenvalue weighted by molar-refractivity contribution is 5.97. The highest BCUT2D eigenvalue weighted by Crippen LogP contribution is 2.18. The Morgan fingerprint density at radius 2 is 1.71 bits per heavy atom. The SMILES string of the molecule is CC(C)[C@H](NC(=O)c1ccccc1F)C(=O)NC1CCCCCC1. The van der Waals surface area contributed by atoms with Crippen molar-refractivity contribution >= 4 is 11.8 Å². The lowest BCUT2D eigenvalue weighted by Gasteiger charge is -2.25. The minimum absolute atomic E-state index is 0.0367. The largest absolute Gasteiger partial charge is 0.352 e. The van der Waals surface area contributed by atoms with Crippen LogP contribution in [0.3, 0.4) is 0 Å². The van der Waals surface area contributed by atoms with Crippen LogP contribution >= 0.6 is 0 Å². The summed E-state index contributed by atoms with van der Waals surface area (Å²) >= 11 is 0. The number of halogens is 1. The van der Waals surface area contributed by atoms with Crippen molar-refractivity contribution in [1.82, 2.24) is 10.6 Å². The molecule has 0 spiro atoms. The molecule has 2 N–H and O–H groups in total. The third-order valence-corrected chi connectivity index (χ3v) is 4.56. The van der Waals surface area contributed by atoms with Crippen LogP contribution in [0.15, 0.2) is 24.3 Å². The monoisotopic (exact) mass is 334 g/mol. The van der Waals surface area contributed by atoms with E-state index in [9.17, 15) is 14.0 Å². The number of carbonyl (C=O) groups is 2. The molecule has 132 valence electrons. The lowest BCUT2D eigenvalue weighted by Crippen LogP contribution is -2.52. The van der Waals surface area contributed by atoms with Gasteiger partial charge in [-0.2, -0.15) is 0 Å². The summed E-state index contributed by atoms with van der Waals surface area (Å²) in [7, 11) is 0. The normalized spacial score (nSPS) is 17.2. The van der Waals surface area contributed by atoms with Crippen molar-refractivity contribution in [2.45, 2.75) is 64.5 Å². The maximum Gasteiger partial charge on any atom is 0.254 e. The van der Waals surface area contributed by atoms with Gasteiger partial charge in [0, 0.05) is 6.04 Å². The second-order valence-corrected chi connectivity index (χ2v) is 6.87. The lowest BCUT2D eigenvalue weighted by atomic mass is 10.0. The Bertz CT molecular complexity index is 566. The van der Waals surface area contributed by atoms with Crippen molar-refractivity contribution in [1.29, 1.82) is 0 Å². The van der Waals surface area contributed by atoms with Crippen LogP contribution in [0.25, 0.3) is 0 Å². The predicted molar refractivity (Wildman–Crippen MR) is 92.1 cm³/mol. The molecule has 1 aromatic rings. The zero-order valence-corrected chi connectivity index (χ0v) is 14.5. The molecule has 0 aliphatic heterocycles. The molecule has 0 unspecified atom stereocenters. The summed E-state index contributed by atoms with van der Waals surface area (Å²) in [6.45, 7) is 3.75. The second-order valence-electron chi connectivity index (χ2n) is 6.87. The van der Waals surface area contributed by atoms with Crippen LogP contribution in [0.2, 0.25) is 0 Å². The first-order valence-electron chi connectivity index (χ1n) is 8.85. The Kier molecular flexibility index (Phi) is 6.76. The van der Waals surface area contributed by atoms with Gasteiger partial charge < -0.3 is 10.6 Å². The van der Waals surface area contributed by atoms with Crippen LogP contribution in [-0.2, 0) is 4.79 Å². The average molecular weight is 334 g/mol. The van der Waals surface area contributed by atoms with E-state index in [2.05, 4.69) is 10.6 Å². The first-order valence-corrected chi connectivity index (χ1v) is 8.85. The van der Waals surface area contributed by atoms with Gasteiger partial charge in [0.1, 0.15) is 11.9 Å². The first-order chi connectivity index (χ1) is 11.5. The Labute approximate surface area is 143 Å². The molecule has 1 aromatic carbocycles. The number of nitrogens with one attached hydrogen (secondary N) is 2. The molecular formula is C19H27FN2O2. The zero-order chi connectivity index (χ0) is 17.5. The summed E-state index contributed by atoms with van der Waals surface area (Å²) in [4.78, 5) is 24.9. The Morgan fingerprint density at radius 3 is 2.29 bits per heavy atom. The third-order valence-electron chi connectivity index (χ3n) is 4.56. The third kappa shape index (κ3) is 5.05. The second kappa shape index (κ2) is 8.81. The molecule has 24 heavy (non-hydrogen) atoms. The van der Waals surface area contributed by atoms with Gasteiger partial charge in [-0.1, -0.05) is 51.7 Å². The summed E-state index contributed by atoms with van der Waals surface area (Å²) in [6.07, 6.45) is 6.64. The summed E-state index contributed by atoms with van der Waals surface area (Å²) < 4.78 is 13.7. The van der Waals surface area contributed by atoms with Gasteiger partial charge in [-0.15, -0.1) is 0 Å². The van der Waals surface area contributed by atoms with E-state index in [-0.39, 0.29) is 23.4 Å². The summed E-state index contributed by atoms with van der Waals surface area (Å²) in [5.41, 5.74) is -0.0367.